The maximum absolute atomic E-state index is 13.5. The molecular formula is C17H17FN4. The van der Waals surface area contributed by atoms with Crippen LogP contribution in [0.5, 0.6) is 0 Å². The molecule has 2 heterocycles. The highest BCUT2D eigenvalue weighted by molar-refractivity contribution is 6.07. The van der Waals surface area contributed by atoms with Crippen LogP contribution in [0.3, 0.4) is 0 Å². The number of hydrogen-bond acceptors (Lipinski definition) is 4. The van der Waals surface area contributed by atoms with Gasteiger partial charge in [-0.15, -0.1) is 0 Å². The third kappa shape index (κ3) is 2.33. The Hall–Kier alpha value is -2.40. The van der Waals surface area contributed by atoms with E-state index < -0.39 is 0 Å². The average Bonchev–Trinajstić information content (AvgIpc) is 2.72. The lowest BCUT2D eigenvalue weighted by Gasteiger charge is -2.30. The van der Waals surface area contributed by atoms with Crippen molar-refractivity contribution >= 4 is 22.9 Å². The fraction of sp³-hybridized carbons (Fsp3) is 0.235. The largest absolute Gasteiger partial charge is 0.353 e. The SMILES string of the molecule is Fc1ccc2c(c1)Nc1ccccc1C(N1CCNCC1)=N2. The van der Waals surface area contributed by atoms with Gasteiger partial charge in [-0.05, 0) is 30.3 Å². The second-order valence-corrected chi connectivity index (χ2v) is 5.50. The lowest BCUT2D eigenvalue weighted by atomic mass is 10.1. The molecular weight excluding hydrogens is 279 g/mol. The Labute approximate surface area is 128 Å². The Balaban J connectivity index is 1.87. The van der Waals surface area contributed by atoms with E-state index >= 15 is 0 Å². The molecule has 2 aliphatic heterocycles. The number of hydrogen-bond donors (Lipinski definition) is 2. The van der Waals surface area contributed by atoms with Crippen molar-refractivity contribution in [3.8, 4) is 0 Å². The monoisotopic (exact) mass is 296 g/mol. The van der Waals surface area contributed by atoms with Crippen LogP contribution in [0.15, 0.2) is 47.5 Å². The molecule has 0 aliphatic carbocycles. The number of halogens is 1. The first-order valence-electron chi connectivity index (χ1n) is 7.51. The highest BCUT2D eigenvalue weighted by Gasteiger charge is 2.22. The number of benzene rings is 2. The van der Waals surface area contributed by atoms with Crippen LogP contribution in [0.2, 0.25) is 0 Å². The molecule has 0 spiro atoms. The van der Waals surface area contributed by atoms with Crippen LogP contribution >= 0.6 is 0 Å². The van der Waals surface area contributed by atoms with Crippen molar-refractivity contribution in [3.63, 3.8) is 0 Å². The predicted molar refractivity (Wildman–Crippen MR) is 86.8 cm³/mol. The second-order valence-electron chi connectivity index (χ2n) is 5.50. The zero-order chi connectivity index (χ0) is 14.9. The number of aliphatic imine (C=N–C) groups is 1. The Morgan fingerprint density at radius 3 is 2.68 bits per heavy atom. The summed E-state index contributed by atoms with van der Waals surface area (Å²) < 4.78 is 13.5. The second kappa shape index (κ2) is 5.42. The molecule has 2 aliphatic rings. The Morgan fingerprint density at radius 1 is 1.00 bits per heavy atom. The number of amidine groups is 1. The summed E-state index contributed by atoms with van der Waals surface area (Å²) in [5.41, 5.74) is 3.49. The Kier molecular flexibility index (Phi) is 3.27. The minimum Gasteiger partial charge on any atom is -0.353 e. The number of para-hydroxylation sites is 1. The van der Waals surface area contributed by atoms with Gasteiger partial charge in [-0.25, -0.2) is 9.38 Å². The molecule has 0 saturated carbocycles. The van der Waals surface area contributed by atoms with Crippen LogP contribution in [0.1, 0.15) is 5.56 Å². The van der Waals surface area contributed by atoms with E-state index in [4.69, 9.17) is 4.99 Å². The molecule has 1 fully saturated rings. The van der Waals surface area contributed by atoms with E-state index in [0.717, 1.165) is 49.0 Å². The Bertz CT molecular complexity index is 735. The van der Waals surface area contributed by atoms with Crippen molar-refractivity contribution in [2.24, 2.45) is 4.99 Å². The van der Waals surface area contributed by atoms with E-state index in [1.165, 1.54) is 12.1 Å². The topological polar surface area (TPSA) is 39.7 Å². The molecule has 0 amide bonds. The fourth-order valence-corrected chi connectivity index (χ4v) is 2.93. The predicted octanol–water partition coefficient (Wildman–Crippen LogP) is 2.87. The van der Waals surface area contributed by atoms with E-state index in [0.29, 0.717) is 5.69 Å². The maximum atomic E-state index is 13.5. The van der Waals surface area contributed by atoms with E-state index in [9.17, 15) is 4.39 Å². The third-order valence-electron chi connectivity index (χ3n) is 4.04. The summed E-state index contributed by atoms with van der Waals surface area (Å²) in [6.07, 6.45) is 0. The molecule has 0 unspecified atom stereocenters. The summed E-state index contributed by atoms with van der Waals surface area (Å²) >= 11 is 0. The molecule has 4 rings (SSSR count). The van der Waals surface area contributed by atoms with Gasteiger partial charge in [0.1, 0.15) is 11.7 Å². The van der Waals surface area contributed by atoms with Crippen LogP contribution in [-0.4, -0.2) is 36.9 Å². The van der Waals surface area contributed by atoms with Gasteiger partial charge in [0, 0.05) is 37.4 Å². The van der Waals surface area contributed by atoms with Crippen molar-refractivity contribution in [2.45, 2.75) is 0 Å². The molecule has 1 saturated heterocycles. The number of nitrogens with one attached hydrogen (secondary N) is 2. The Morgan fingerprint density at radius 2 is 1.82 bits per heavy atom. The number of piperazine rings is 1. The van der Waals surface area contributed by atoms with Crippen molar-refractivity contribution in [2.75, 3.05) is 31.5 Å². The molecule has 2 N–H and O–H groups in total. The zero-order valence-electron chi connectivity index (χ0n) is 12.1. The van der Waals surface area contributed by atoms with Gasteiger partial charge in [0.25, 0.3) is 0 Å². The van der Waals surface area contributed by atoms with Crippen LogP contribution < -0.4 is 10.6 Å². The van der Waals surface area contributed by atoms with Crippen molar-refractivity contribution in [1.29, 1.82) is 0 Å². The number of rotatable bonds is 0. The summed E-state index contributed by atoms with van der Waals surface area (Å²) in [4.78, 5) is 7.12. The minimum absolute atomic E-state index is 0.260. The molecule has 0 radical (unpaired) electrons. The van der Waals surface area contributed by atoms with Gasteiger partial charge in [-0.2, -0.15) is 0 Å². The van der Waals surface area contributed by atoms with Crippen LogP contribution in [0.4, 0.5) is 21.5 Å². The highest BCUT2D eigenvalue weighted by atomic mass is 19.1. The quantitative estimate of drug-likeness (QED) is 0.785. The first-order valence-corrected chi connectivity index (χ1v) is 7.51. The van der Waals surface area contributed by atoms with Gasteiger partial charge < -0.3 is 15.5 Å². The van der Waals surface area contributed by atoms with Crippen LogP contribution in [-0.2, 0) is 0 Å². The number of fused-ring (bicyclic) bond motifs is 2. The smallest absolute Gasteiger partial charge is 0.138 e. The first-order chi connectivity index (χ1) is 10.8. The molecule has 112 valence electrons. The van der Waals surface area contributed by atoms with E-state index in [-0.39, 0.29) is 5.82 Å². The summed E-state index contributed by atoms with van der Waals surface area (Å²) in [5, 5.41) is 6.67. The third-order valence-corrected chi connectivity index (χ3v) is 4.04. The molecule has 0 atom stereocenters. The van der Waals surface area contributed by atoms with Gasteiger partial charge in [0.05, 0.1) is 11.4 Å². The van der Waals surface area contributed by atoms with Gasteiger partial charge in [0.2, 0.25) is 0 Å². The van der Waals surface area contributed by atoms with Crippen LogP contribution in [0, 0.1) is 5.82 Å². The molecule has 4 nitrogen and oxygen atoms in total. The van der Waals surface area contributed by atoms with E-state index in [1.54, 1.807) is 6.07 Å². The van der Waals surface area contributed by atoms with Crippen molar-refractivity contribution in [3.05, 3.63) is 53.8 Å². The number of nitrogens with zero attached hydrogens (tertiary/aromatic N) is 2. The summed E-state index contributed by atoms with van der Waals surface area (Å²) in [5.74, 6) is 0.694. The van der Waals surface area contributed by atoms with Gasteiger partial charge in [0.15, 0.2) is 0 Å². The molecule has 5 heteroatoms. The summed E-state index contributed by atoms with van der Waals surface area (Å²) in [6.45, 7) is 3.74. The number of anilines is 2. The van der Waals surface area contributed by atoms with Gasteiger partial charge in [-0.1, -0.05) is 12.1 Å². The molecule has 22 heavy (non-hydrogen) atoms. The minimum atomic E-state index is -0.260. The lowest BCUT2D eigenvalue weighted by Crippen LogP contribution is -2.46. The van der Waals surface area contributed by atoms with Crippen molar-refractivity contribution < 1.29 is 4.39 Å². The molecule has 2 aromatic rings. The van der Waals surface area contributed by atoms with Gasteiger partial charge >= 0.3 is 0 Å². The summed E-state index contributed by atoms with van der Waals surface area (Å²) in [7, 11) is 0. The average molecular weight is 296 g/mol. The highest BCUT2D eigenvalue weighted by Crippen LogP contribution is 2.35. The molecule has 2 aromatic carbocycles. The van der Waals surface area contributed by atoms with Gasteiger partial charge in [-0.3, -0.25) is 0 Å². The standard InChI is InChI=1S/C17H17FN4/c18-12-5-6-15-16(11-12)20-14-4-2-1-3-13(14)17(21-15)22-9-7-19-8-10-22/h1-6,11,19-20H,7-10H2. The lowest BCUT2D eigenvalue weighted by molar-refractivity contribution is 0.358. The normalized spacial score (nSPS) is 17.0. The fourth-order valence-electron chi connectivity index (χ4n) is 2.93. The van der Waals surface area contributed by atoms with E-state index in [1.807, 2.05) is 18.2 Å². The first kappa shape index (κ1) is 13.3. The molecule has 0 aromatic heterocycles. The van der Waals surface area contributed by atoms with E-state index in [2.05, 4.69) is 21.6 Å². The van der Waals surface area contributed by atoms with Crippen molar-refractivity contribution in [1.82, 2.24) is 10.2 Å². The van der Waals surface area contributed by atoms with Crippen LogP contribution in [0.25, 0.3) is 0 Å². The summed E-state index contributed by atoms with van der Waals surface area (Å²) in [6, 6.07) is 12.7. The maximum Gasteiger partial charge on any atom is 0.138 e. The molecule has 0 bridgehead atoms. The zero-order valence-corrected chi connectivity index (χ0v) is 12.1.